The van der Waals surface area contributed by atoms with Crippen LogP contribution in [0, 0.1) is 5.92 Å². The lowest BCUT2D eigenvalue weighted by Crippen LogP contribution is -2.10. The van der Waals surface area contributed by atoms with Crippen LogP contribution in [-0.2, 0) is 9.59 Å². The summed E-state index contributed by atoms with van der Waals surface area (Å²) in [5, 5.41) is 0. The van der Waals surface area contributed by atoms with E-state index in [4.69, 9.17) is 0 Å². The highest BCUT2D eigenvalue weighted by Gasteiger charge is 2.09. The van der Waals surface area contributed by atoms with Gasteiger partial charge in [0, 0.05) is 25.2 Å². The van der Waals surface area contributed by atoms with Crippen molar-refractivity contribution in [3.05, 3.63) is 0 Å². The van der Waals surface area contributed by atoms with Crippen LogP contribution in [0.2, 0.25) is 0 Å². The molecule has 0 heterocycles. The molecule has 0 aliphatic carbocycles. The Bertz CT molecular complexity index is 176. The van der Waals surface area contributed by atoms with Gasteiger partial charge in [-0.25, -0.2) is 0 Å². The van der Waals surface area contributed by atoms with Gasteiger partial charge in [0.25, 0.3) is 0 Å². The van der Waals surface area contributed by atoms with E-state index in [1.807, 2.05) is 20.1 Å². The number of carbonyl (C=O) groups is 2. The number of hydrogen-bond donors (Lipinski definition) is 0. The maximum atomic E-state index is 11.2. The standard InChI is InChI=1S/C10H18O2S/c1-8(2)10(12)5-4-9(11)6-7-13-3/h8H,4-7H2,1-3H3. The van der Waals surface area contributed by atoms with E-state index in [9.17, 15) is 9.59 Å². The summed E-state index contributed by atoms with van der Waals surface area (Å²) in [5.41, 5.74) is 0. The summed E-state index contributed by atoms with van der Waals surface area (Å²) in [5.74, 6) is 1.34. The molecule has 2 nitrogen and oxygen atoms in total. The lowest BCUT2D eigenvalue weighted by atomic mass is 10.0. The molecular weight excluding hydrogens is 184 g/mol. The zero-order valence-electron chi connectivity index (χ0n) is 8.63. The number of Topliss-reactive ketones (excluding diaryl/α,β-unsaturated/α-hetero) is 2. The summed E-state index contributed by atoms with van der Waals surface area (Å²) in [6.45, 7) is 3.74. The van der Waals surface area contributed by atoms with Crippen molar-refractivity contribution in [2.45, 2.75) is 33.1 Å². The van der Waals surface area contributed by atoms with Crippen LogP contribution >= 0.6 is 11.8 Å². The van der Waals surface area contributed by atoms with E-state index in [2.05, 4.69) is 0 Å². The van der Waals surface area contributed by atoms with E-state index in [1.54, 1.807) is 11.8 Å². The van der Waals surface area contributed by atoms with Crippen molar-refractivity contribution in [2.24, 2.45) is 5.92 Å². The molecule has 0 rings (SSSR count). The number of thioether (sulfide) groups is 1. The molecule has 0 aromatic rings. The topological polar surface area (TPSA) is 34.1 Å². The van der Waals surface area contributed by atoms with Gasteiger partial charge in [0.1, 0.15) is 11.6 Å². The molecule has 3 heteroatoms. The predicted molar refractivity (Wildman–Crippen MR) is 57.1 cm³/mol. The molecule has 0 spiro atoms. The molecule has 0 fully saturated rings. The summed E-state index contributed by atoms with van der Waals surface area (Å²) in [4.78, 5) is 22.3. The molecule has 0 saturated heterocycles. The Morgan fingerprint density at radius 2 is 1.77 bits per heavy atom. The van der Waals surface area contributed by atoms with Gasteiger partial charge in [0.05, 0.1) is 0 Å². The highest BCUT2D eigenvalue weighted by Crippen LogP contribution is 2.05. The molecule has 0 bridgehead atoms. The molecule has 0 aliphatic rings. The van der Waals surface area contributed by atoms with Crippen molar-refractivity contribution in [2.75, 3.05) is 12.0 Å². The van der Waals surface area contributed by atoms with Gasteiger partial charge in [0.2, 0.25) is 0 Å². The van der Waals surface area contributed by atoms with Crippen LogP contribution in [0.15, 0.2) is 0 Å². The predicted octanol–water partition coefficient (Wildman–Crippen LogP) is 2.31. The van der Waals surface area contributed by atoms with E-state index in [0.717, 1.165) is 5.75 Å². The summed E-state index contributed by atoms with van der Waals surface area (Å²) in [6.07, 6.45) is 3.43. The molecule has 0 radical (unpaired) electrons. The van der Waals surface area contributed by atoms with Crippen molar-refractivity contribution in [3.8, 4) is 0 Å². The lowest BCUT2D eigenvalue weighted by Gasteiger charge is -2.02. The fraction of sp³-hybridized carbons (Fsp3) is 0.800. The van der Waals surface area contributed by atoms with E-state index >= 15 is 0 Å². The average Bonchev–Trinajstić information content (AvgIpc) is 2.10. The summed E-state index contributed by atoms with van der Waals surface area (Å²) < 4.78 is 0. The second kappa shape index (κ2) is 7.13. The quantitative estimate of drug-likeness (QED) is 0.635. The van der Waals surface area contributed by atoms with Crippen molar-refractivity contribution < 1.29 is 9.59 Å². The molecule has 0 saturated carbocycles. The normalized spacial score (nSPS) is 10.5. The van der Waals surface area contributed by atoms with Gasteiger partial charge in [-0.3, -0.25) is 9.59 Å². The minimum Gasteiger partial charge on any atom is -0.300 e. The molecule has 0 aliphatic heterocycles. The first-order chi connectivity index (χ1) is 6.07. The lowest BCUT2D eigenvalue weighted by molar-refractivity contribution is -0.125. The largest absolute Gasteiger partial charge is 0.300 e. The molecule has 0 unspecified atom stereocenters. The van der Waals surface area contributed by atoms with Gasteiger partial charge in [0.15, 0.2) is 0 Å². The molecule has 0 amide bonds. The van der Waals surface area contributed by atoms with Crippen molar-refractivity contribution >= 4 is 23.3 Å². The van der Waals surface area contributed by atoms with Gasteiger partial charge in [-0.2, -0.15) is 11.8 Å². The first-order valence-electron chi connectivity index (χ1n) is 4.61. The van der Waals surface area contributed by atoms with Crippen molar-refractivity contribution in [3.63, 3.8) is 0 Å². The molecule has 76 valence electrons. The van der Waals surface area contributed by atoms with E-state index < -0.39 is 0 Å². The molecule has 0 aromatic heterocycles. The Balaban J connectivity index is 3.52. The van der Waals surface area contributed by atoms with Crippen LogP contribution in [-0.4, -0.2) is 23.6 Å². The summed E-state index contributed by atoms with van der Waals surface area (Å²) in [6, 6.07) is 0. The number of rotatable bonds is 7. The minimum atomic E-state index is 0.0633. The molecule has 13 heavy (non-hydrogen) atoms. The third-order valence-corrected chi connectivity index (χ3v) is 2.49. The Morgan fingerprint density at radius 1 is 1.15 bits per heavy atom. The van der Waals surface area contributed by atoms with Gasteiger partial charge >= 0.3 is 0 Å². The zero-order chi connectivity index (χ0) is 10.3. The fourth-order valence-electron chi connectivity index (χ4n) is 0.892. The van der Waals surface area contributed by atoms with Crippen LogP contribution in [0.3, 0.4) is 0 Å². The highest BCUT2D eigenvalue weighted by molar-refractivity contribution is 7.98. The third kappa shape index (κ3) is 6.82. The van der Waals surface area contributed by atoms with Crippen LogP contribution in [0.25, 0.3) is 0 Å². The molecule has 0 N–H and O–H groups in total. The maximum absolute atomic E-state index is 11.2. The number of hydrogen-bond acceptors (Lipinski definition) is 3. The minimum absolute atomic E-state index is 0.0633. The van der Waals surface area contributed by atoms with Crippen LogP contribution in [0.4, 0.5) is 0 Å². The number of ketones is 2. The molecule has 0 atom stereocenters. The molecular formula is C10H18O2S. The zero-order valence-corrected chi connectivity index (χ0v) is 9.45. The molecule has 0 aromatic carbocycles. The third-order valence-electron chi connectivity index (χ3n) is 1.88. The van der Waals surface area contributed by atoms with Gasteiger partial charge in [-0.05, 0) is 12.0 Å². The van der Waals surface area contributed by atoms with Gasteiger partial charge in [-0.1, -0.05) is 13.8 Å². The van der Waals surface area contributed by atoms with Crippen molar-refractivity contribution in [1.82, 2.24) is 0 Å². The Labute approximate surface area is 84.5 Å². The monoisotopic (exact) mass is 202 g/mol. The SMILES string of the molecule is CSCCC(=O)CCC(=O)C(C)C. The van der Waals surface area contributed by atoms with Crippen LogP contribution in [0.1, 0.15) is 33.1 Å². The highest BCUT2D eigenvalue weighted by atomic mass is 32.2. The van der Waals surface area contributed by atoms with Crippen molar-refractivity contribution in [1.29, 1.82) is 0 Å². The van der Waals surface area contributed by atoms with E-state index in [-0.39, 0.29) is 17.5 Å². The Kier molecular flexibility index (Phi) is 6.96. The first kappa shape index (κ1) is 12.7. The summed E-state index contributed by atoms with van der Waals surface area (Å²) >= 11 is 1.66. The van der Waals surface area contributed by atoms with Crippen LogP contribution < -0.4 is 0 Å². The second-order valence-electron chi connectivity index (χ2n) is 3.40. The maximum Gasteiger partial charge on any atom is 0.135 e. The Morgan fingerprint density at radius 3 is 2.23 bits per heavy atom. The van der Waals surface area contributed by atoms with Crippen LogP contribution in [0.5, 0.6) is 0 Å². The summed E-state index contributed by atoms with van der Waals surface area (Å²) in [7, 11) is 0. The smallest absolute Gasteiger partial charge is 0.135 e. The fourth-order valence-corrected chi connectivity index (χ4v) is 1.32. The average molecular weight is 202 g/mol. The van der Waals surface area contributed by atoms with E-state index in [0.29, 0.717) is 19.3 Å². The number of carbonyl (C=O) groups excluding carboxylic acids is 2. The van der Waals surface area contributed by atoms with E-state index in [1.165, 1.54) is 0 Å². The van der Waals surface area contributed by atoms with Gasteiger partial charge in [-0.15, -0.1) is 0 Å². The Hall–Kier alpha value is -0.310. The van der Waals surface area contributed by atoms with Gasteiger partial charge < -0.3 is 0 Å². The second-order valence-corrected chi connectivity index (χ2v) is 4.39. The first-order valence-corrected chi connectivity index (χ1v) is 6.00.